The molecule has 0 amide bonds. The molecular formula is C16H22N2OS. The van der Waals surface area contributed by atoms with Gasteiger partial charge in [-0.1, -0.05) is 12.1 Å². The van der Waals surface area contributed by atoms with Gasteiger partial charge < -0.3 is 10.5 Å². The lowest BCUT2D eigenvalue weighted by atomic mass is 10.0. The Bertz CT molecular complexity index is 567. The van der Waals surface area contributed by atoms with Gasteiger partial charge in [0.05, 0.1) is 0 Å². The molecular weight excluding hydrogens is 268 g/mol. The number of aromatic nitrogens is 1. The van der Waals surface area contributed by atoms with Crippen LogP contribution in [0.1, 0.15) is 34.3 Å². The highest BCUT2D eigenvalue weighted by Gasteiger charge is 2.09. The zero-order valence-corrected chi connectivity index (χ0v) is 13.4. The van der Waals surface area contributed by atoms with Crippen LogP contribution in [0.2, 0.25) is 0 Å². The highest BCUT2D eigenvalue weighted by atomic mass is 32.1. The molecule has 0 bridgehead atoms. The van der Waals surface area contributed by atoms with Crippen molar-refractivity contribution in [1.82, 2.24) is 4.98 Å². The van der Waals surface area contributed by atoms with E-state index in [1.54, 1.807) is 11.3 Å². The van der Waals surface area contributed by atoms with Crippen LogP contribution in [0.15, 0.2) is 17.5 Å². The van der Waals surface area contributed by atoms with Gasteiger partial charge in [0.2, 0.25) is 0 Å². The molecule has 2 rings (SSSR count). The fourth-order valence-electron chi connectivity index (χ4n) is 2.36. The minimum absolute atomic E-state index is 0.180. The highest BCUT2D eigenvalue weighted by molar-refractivity contribution is 7.09. The van der Waals surface area contributed by atoms with Crippen molar-refractivity contribution in [2.45, 2.75) is 46.8 Å². The minimum atomic E-state index is 0.180. The molecule has 0 aliphatic heterocycles. The van der Waals surface area contributed by atoms with E-state index in [9.17, 15) is 0 Å². The average Bonchev–Trinajstić information content (AvgIpc) is 2.73. The zero-order valence-electron chi connectivity index (χ0n) is 12.6. The van der Waals surface area contributed by atoms with Crippen LogP contribution in [0.3, 0.4) is 0 Å². The zero-order chi connectivity index (χ0) is 14.7. The van der Waals surface area contributed by atoms with Crippen LogP contribution < -0.4 is 10.5 Å². The number of aryl methyl sites for hydroxylation is 3. The number of nitrogens with zero attached hydrogens (tertiary/aromatic N) is 1. The second-order valence-corrected chi connectivity index (χ2v) is 6.35. The third-order valence-corrected chi connectivity index (χ3v) is 4.02. The molecule has 0 saturated heterocycles. The van der Waals surface area contributed by atoms with E-state index in [1.807, 2.05) is 19.2 Å². The van der Waals surface area contributed by atoms with Crippen molar-refractivity contribution >= 4 is 11.3 Å². The van der Waals surface area contributed by atoms with Gasteiger partial charge in [0.1, 0.15) is 17.4 Å². The molecule has 1 atom stereocenters. The highest BCUT2D eigenvalue weighted by Crippen LogP contribution is 2.26. The van der Waals surface area contributed by atoms with Gasteiger partial charge in [0.25, 0.3) is 0 Å². The first-order chi connectivity index (χ1) is 9.45. The van der Waals surface area contributed by atoms with Crippen LogP contribution in [0.4, 0.5) is 0 Å². The third-order valence-electron chi connectivity index (χ3n) is 3.08. The van der Waals surface area contributed by atoms with E-state index in [0.29, 0.717) is 6.61 Å². The van der Waals surface area contributed by atoms with Crippen LogP contribution in [-0.4, -0.2) is 11.0 Å². The first kappa shape index (κ1) is 15.0. The number of benzene rings is 1. The van der Waals surface area contributed by atoms with Gasteiger partial charge in [-0.3, -0.25) is 0 Å². The molecule has 1 aromatic heterocycles. The molecule has 2 aromatic rings. The summed E-state index contributed by atoms with van der Waals surface area (Å²) in [4.78, 5) is 4.42. The summed E-state index contributed by atoms with van der Waals surface area (Å²) in [5.74, 6) is 0.964. The Labute approximate surface area is 124 Å². The molecule has 0 spiro atoms. The Morgan fingerprint density at radius 1 is 1.25 bits per heavy atom. The van der Waals surface area contributed by atoms with E-state index in [4.69, 9.17) is 10.5 Å². The molecule has 0 fully saturated rings. The van der Waals surface area contributed by atoms with Gasteiger partial charge >= 0.3 is 0 Å². The summed E-state index contributed by atoms with van der Waals surface area (Å²) in [6, 6.07) is 4.51. The Hall–Kier alpha value is -1.39. The Morgan fingerprint density at radius 2 is 1.90 bits per heavy atom. The van der Waals surface area contributed by atoms with Crippen molar-refractivity contribution in [3.8, 4) is 5.75 Å². The Balaban J connectivity index is 2.11. The number of nitrogens with two attached hydrogens (primary N) is 1. The predicted octanol–water partition coefficient (Wildman–Crippen LogP) is 3.54. The van der Waals surface area contributed by atoms with Crippen molar-refractivity contribution in [2.75, 3.05) is 0 Å². The van der Waals surface area contributed by atoms with Gasteiger partial charge in [-0.05, 0) is 50.8 Å². The summed E-state index contributed by atoms with van der Waals surface area (Å²) < 4.78 is 5.94. The van der Waals surface area contributed by atoms with Crippen molar-refractivity contribution in [3.63, 3.8) is 0 Å². The van der Waals surface area contributed by atoms with Crippen molar-refractivity contribution in [2.24, 2.45) is 5.73 Å². The summed E-state index contributed by atoms with van der Waals surface area (Å²) in [7, 11) is 0. The van der Waals surface area contributed by atoms with E-state index in [0.717, 1.165) is 34.0 Å². The molecule has 0 aliphatic carbocycles. The average molecular weight is 290 g/mol. The molecule has 0 aliphatic rings. The molecule has 3 nitrogen and oxygen atoms in total. The van der Waals surface area contributed by atoms with E-state index in [2.05, 4.69) is 31.0 Å². The fourth-order valence-corrected chi connectivity index (χ4v) is 3.04. The van der Waals surface area contributed by atoms with Crippen molar-refractivity contribution in [1.29, 1.82) is 0 Å². The van der Waals surface area contributed by atoms with E-state index in [1.165, 1.54) is 5.56 Å². The van der Waals surface area contributed by atoms with Gasteiger partial charge in [-0.15, -0.1) is 11.3 Å². The molecule has 1 aromatic carbocycles. The van der Waals surface area contributed by atoms with Gasteiger partial charge in [0, 0.05) is 17.1 Å². The topological polar surface area (TPSA) is 48.1 Å². The number of thiazole rings is 1. The van der Waals surface area contributed by atoms with Crippen molar-refractivity contribution < 1.29 is 4.74 Å². The second-order valence-electron chi connectivity index (χ2n) is 5.41. The largest absolute Gasteiger partial charge is 0.486 e. The monoisotopic (exact) mass is 290 g/mol. The smallest absolute Gasteiger partial charge is 0.140 e. The quantitative estimate of drug-likeness (QED) is 0.916. The number of hydrogen-bond donors (Lipinski definition) is 1. The number of hydrogen-bond acceptors (Lipinski definition) is 4. The SMILES string of the molecule is Cc1csc(COc2c(C)cc(CC(C)N)cc2C)n1. The van der Waals surface area contributed by atoms with Gasteiger partial charge in [0.15, 0.2) is 0 Å². The molecule has 4 heteroatoms. The first-order valence-electron chi connectivity index (χ1n) is 6.85. The van der Waals surface area contributed by atoms with Gasteiger partial charge in [-0.25, -0.2) is 4.98 Å². The molecule has 1 heterocycles. The molecule has 1 unspecified atom stereocenters. The summed E-state index contributed by atoms with van der Waals surface area (Å²) in [6.45, 7) is 8.73. The van der Waals surface area contributed by atoms with Crippen LogP contribution in [0.5, 0.6) is 5.75 Å². The Kier molecular flexibility index (Phi) is 4.78. The third kappa shape index (κ3) is 3.81. The maximum absolute atomic E-state index is 5.94. The maximum Gasteiger partial charge on any atom is 0.140 e. The normalized spacial score (nSPS) is 12.4. The summed E-state index contributed by atoms with van der Waals surface area (Å²) in [5, 5.41) is 3.06. The summed E-state index contributed by atoms with van der Waals surface area (Å²) in [6.07, 6.45) is 0.896. The fraction of sp³-hybridized carbons (Fsp3) is 0.438. The molecule has 0 saturated carbocycles. The Morgan fingerprint density at radius 3 is 2.40 bits per heavy atom. The molecule has 0 radical (unpaired) electrons. The van der Waals surface area contributed by atoms with E-state index >= 15 is 0 Å². The lowest BCUT2D eigenvalue weighted by Crippen LogP contribution is -2.18. The van der Waals surface area contributed by atoms with Crippen LogP contribution >= 0.6 is 11.3 Å². The molecule has 20 heavy (non-hydrogen) atoms. The van der Waals surface area contributed by atoms with Gasteiger partial charge in [-0.2, -0.15) is 0 Å². The lowest BCUT2D eigenvalue weighted by Gasteiger charge is -2.14. The second kappa shape index (κ2) is 6.37. The van der Waals surface area contributed by atoms with Crippen LogP contribution in [0, 0.1) is 20.8 Å². The lowest BCUT2D eigenvalue weighted by molar-refractivity contribution is 0.301. The minimum Gasteiger partial charge on any atom is -0.486 e. The number of ether oxygens (including phenoxy) is 1. The maximum atomic E-state index is 5.94. The predicted molar refractivity (Wildman–Crippen MR) is 84.5 cm³/mol. The summed E-state index contributed by atoms with van der Waals surface area (Å²) in [5.41, 5.74) is 10.5. The van der Waals surface area contributed by atoms with Crippen molar-refractivity contribution in [3.05, 3.63) is 44.9 Å². The first-order valence-corrected chi connectivity index (χ1v) is 7.73. The number of rotatable bonds is 5. The summed E-state index contributed by atoms with van der Waals surface area (Å²) >= 11 is 1.64. The van der Waals surface area contributed by atoms with E-state index < -0.39 is 0 Å². The van der Waals surface area contributed by atoms with Crippen LogP contribution in [-0.2, 0) is 13.0 Å². The molecule has 108 valence electrons. The van der Waals surface area contributed by atoms with Crippen LogP contribution in [0.25, 0.3) is 0 Å². The molecule has 2 N–H and O–H groups in total. The standard InChI is InChI=1S/C16H22N2OS/c1-10-5-14(7-12(3)17)6-11(2)16(10)19-8-15-18-13(4)9-20-15/h5-6,9,12H,7-8,17H2,1-4H3. The van der Waals surface area contributed by atoms with E-state index in [-0.39, 0.29) is 6.04 Å².